The van der Waals surface area contributed by atoms with Gasteiger partial charge >= 0.3 is 0 Å². The van der Waals surface area contributed by atoms with E-state index in [9.17, 15) is 4.39 Å². The van der Waals surface area contributed by atoms with Crippen LogP contribution in [-0.4, -0.2) is 48.0 Å². The lowest BCUT2D eigenvalue weighted by Gasteiger charge is -2.29. The number of hydrogen-bond acceptors (Lipinski definition) is 6. The summed E-state index contributed by atoms with van der Waals surface area (Å²) in [5.74, 6) is 0.927. The summed E-state index contributed by atoms with van der Waals surface area (Å²) >= 11 is 0. The molecule has 1 N–H and O–H groups in total. The summed E-state index contributed by atoms with van der Waals surface area (Å²) in [5, 5.41) is 7.86. The van der Waals surface area contributed by atoms with Crippen molar-refractivity contribution in [2.24, 2.45) is 0 Å². The van der Waals surface area contributed by atoms with Crippen LogP contribution in [0.3, 0.4) is 0 Å². The van der Waals surface area contributed by atoms with Gasteiger partial charge in [0.1, 0.15) is 11.6 Å². The first kappa shape index (κ1) is 19.3. The molecule has 2 aromatic heterocycles. The van der Waals surface area contributed by atoms with Gasteiger partial charge in [0.15, 0.2) is 0 Å². The molecule has 3 heterocycles. The van der Waals surface area contributed by atoms with Crippen LogP contribution in [0.5, 0.6) is 5.75 Å². The number of morpholine rings is 1. The number of hydrogen-bond donors (Lipinski definition) is 1. The second-order valence-corrected chi connectivity index (χ2v) is 7.23. The van der Waals surface area contributed by atoms with E-state index in [1.165, 1.54) is 6.07 Å². The van der Waals surface area contributed by atoms with Crippen molar-refractivity contribution in [1.82, 2.24) is 14.6 Å². The second-order valence-electron chi connectivity index (χ2n) is 7.23. The first-order chi connectivity index (χ1) is 15.2. The number of fused-ring (bicyclic) bond motifs is 1. The number of aromatic nitrogens is 3. The molecule has 0 bridgehead atoms. The van der Waals surface area contributed by atoms with Gasteiger partial charge in [-0.1, -0.05) is 12.1 Å². The Hall–Kier alpha value is -3.65. The monoisotopic (exact) mass is 419 g/mol. The SMILES string of the molecule is COc1ccccc1-c1ccc2cnc(Nc3ccc(F)c(N4CCOCC4)c3)nn12. The molecule has 0 saturated carbocycles. The number of ether oxygens (including phenoxy) is 2. The van der Waals surface area contributed by atoms with Gasteiger partial charge in [-0.2, -0.15) is 0 Å². The third-order valence-electron chi connectivity index (χ3n) is 5.34. The average molecular weight is 419 g/mol. The Morgan fingerprint density at radius 2 is 1.90 bits per heavy atom. The highest BCUT2D eigenvalue weighted by Crippen LogP contribution is 2.31. The molecule has 0 unspecified atom stereocenters. The van der Waals surface area contributed by atoms with Crippen LogP contribution >= 0.6 is 0 Å². The molecule has 0 atom stereocenters. The molecule has 8 heteroatoms. The third-order valence-corrected chi connectivity index (χ3v) is 5.34. The summed E-state index contributed by atoms with van der Waals surface area (Å²) in [6.07, 6.45) is 1.75. The maximum Gasteiger partial charge on any atom is 0.245 e. The number of benzene rings is 2. The van der Waals surface area contributed by atoms with E-state index in [-0.39, 0.29) is 5.82 Å². The lowest BCUT2D eigenvalue weighted by molar-refractivity contribution is 0.122. The van der Waals surface area contributed by atoms with Crippen LogP contribution in [0.25, 0.3) is 16.8 Å². The van der Waals surface area contributed by atoms with Crippen LogP contribution < -0.4 is 15.0 Å². The summed E-state index contributed by atoms with van der Waals surface area (Å²) in [6.45, 7) is 2.51. The summed E-state index contributed by atoms with van der Waals surface area (Å²) in [5.41, 5.74) is 3.95. The lowest BCUT2D eigenvalue weighted by Crippen LogP contribution is -2.36. The number of nitrogens with one attached hydrogen (secondary N) is 1. The van der Waals surface area contributed by atoms with Crippen molar-refractivity contribution in [2.75, 3.05) is 43.6 Å². The highest BCUT2D eigenvalue weighted by Gasteiger charge is 2.16. The largest absolute Gasteiger partial charge is 0.496 e. The molecule has 1 aliphatic rings. The first-order valence-corrected chi connectivity index (χ1v) is 10.1. The molecule has 4 aromatic rings. The number of anilines is 3. The van der Waals surface area contributed by atoms with Crippen molar-refractivity contribution in [2.45, 2.75) is 0 Å². The molecule has 0 radical (unpaired) electrons. The topological polar surface area (TPSA) is 63.9 Å². The maximum absolute atomic E-state index is 14.4. The number of para-hydroxylation sites is 1. The van der Waals surface area contributed by atoms with Gasteiger partial charge in [-0.25, -0.2) is 13.9 Å². The Kier molecular flexibility index (Phi) is 5.13. The molecule has 1 saturated heterocycles. The Morgan fingerprint density at radius 1 is 1.06 bits per heavy atom. The summed E-state index contributed by atoms with van der Waals surface area (Å²) in [6, 6.07) is 16.7. The van der Waals surface area contributed by atoms with Gasteiger partial charge in [0.25, 0.3) is 0 Å². The summed E-state index contributed by atoms with van der Waals surface area (Å²) in [4.78, 5) is 6.40. The number of rotatable bonds is 5. The molecule has 0 spiro atoms. The van der Waals surface area contributed by atoms with Gasteiger partial charge in [-0.05, 0) is 42.5 Å². The van der Waals surface area contributed by atoms with Crippen molar-refractivity contribution in [3.63, 3.8) is 0 Å². The van der Waals surface area contributed by atoms with E-state index in [2.05, 4.69) is 15.4 Å². The number of halogens is 1. The highest BCUT2D eigenvalue weighted by atomic mass is 19.1. The van der Waals surface area contributed by atoms with Crippen LogP contribution in [0.4, 0.5) is 21.7 Å². The average Bonchev–Trinajstić information content (AvgIpc) is 3.24. The van der Waals surface area contributed by atoms with E-state index in [1.807, 2.05) is 45.8 Å². The smallest absolute Gasteiger partial charge is 0.245 e. The summed E-state index contributed by atoms with van der Waals surface area (Å²) < 4.78 is 27.1. The minimum Gasteiger partial charge on any atom is -0.496 e. The fourth-order valence-electron chi connectivity index (χ4n) is 3.79. The first-order valence-electron chi connectivity index (χ1n) is 10.1. The molecule has 1 aliphatic heterocycles. The minimum atomic E-state index is -0.257. The van der Waals surface area contributed by atoms with Gasteiger partial charge in [-0.3, -0.25) is 0 Å². The van der Waals surface area contributed by atoms with E-state index in [0.29, 0.717) is 43.6 Å². The van der Waals surface area contributed by atoms with Crippen molar-refractivity contribution >= 4 is 22.8 Å². The molecule has 158 valence electrons. The molecule has 31 heavy (non-hydrogen) atoms. The van der Waals surface area contributed by atoms with Crippen molar-refractivity contribution < 1.29 is 13.9 Å². The van der Waals surface area contributed by atoms with Crippen molar-refractivity contribution in [3.8, 4) is 17.0 Å². The highest BCUT2D eigenvalue weighted by molar-refractivity contribution is 5.72. The van der Waals surface area contributed by atoms with E-state index < -0.39 is 0 Å². The zero-order valence-corrected chi connectivity index (χ0v) is 17.1. The third kappa shape index (κ3) is 3.77. The standard InChI is InChI=1S/C23H22FN5O2/c1-30-22-5-3-2-4-18(22)20-9-7-17-15-25-23(27-29(17)20)26-16-6-8-19(24)21(14-16)28-10-12-31-13-11-28/h2-9,14-15H,10-13H2,1H3,(H,26,27). The van der Waals surface area contributed by atoms with Gasteiger partial charge in [0, 0.05) is 24.3 Å². The Bertz CT molecular complexity index is 1220. The van der Waals surface area contributed by atoms with Gasteiger partial charge in [0.05, 0.1) is 43.4 Å². The zero-order chi connectivity index (χ0) is 21.2. The molecular formula is C23H22FN5O2. The Balaban J connectivity index is 1.48. The molecular weight excluding hydrogens is 397 g/mol. The second kappa shape index (κ2) is 8.23. The van der Waals surface area contributed by atoms with Crippen LogP contribution in [0, 0.1) is 5.82 Å². The normalized spacial score (nSPS) is 14.1. The Labute approximate surface area is 179 Å². The van der Waals surface area contributed by atoms with Gasteiger partial charge < -0.3 is 19.7 Å². The predicted molar refractivity (Wildman–Crippen MR) is 118 cm³/mol. The molecule has 7 nitrogen and oxygen atoms in total. The molecule has 0 amide bonds. The van der Waals surface area contributed by atoms with E-state index >= 15 is 0 Å². The van der Waals surface area contributed by atoms with Crippen LogP contribution in [0.1, 0.15) is 0 Å². The van der Waals surface area contributed by atoms with Gasteiger partial charge in [0.2, 0.25) is 5.95 Å². The van der Waals surface area contributed by atoms with Crippen LogP contribution in [-0.2, 0) is 4.74 Å². The van der Waals surface area contributed by atoms with E-state index in [0.717, 1.165) is 22.5 Å². The van der Waals surface area contributed by atoms with E-state index in [1.54, 1.807) is 25.4 Å². The minimum absolute atomic E-state index is 0.257. The molecule has 0 aliphatic carbocycles. The number of nitrogens with zero attached hydrogens (tertiary/aromatic N) is 4. The summed E-state index contributed by atoms with van der Waals surface area (Å²) in [7, 11) is 1.65. The quantitative estimate of drug-likeness (QED) is 0.525. The van der Waals surface area contributed by atoms with Crippen LogP contribution in [0.2, 0.25) is 0 Å². The van der Waals surface area contributed by atoms with Gasteiger partial charge in [-0.15, -0.1) is 5.10 Å². The number of methoxy groups -OCH3 is 1. The fraction of sp³-hybridized carbons (Fsp3) is 0.217. The van der Waals surface area contributed by atoms with E-state index in [4.69, 9.17) is 9.47 Å². The van der Waals surface area contributed by atoms with Crippen molar-refractivity contribution in [3.05, 3.63) is 66.6 Å². The Morgan fingerprint density at radius 3 is 2.74 bits per heavy atom. The predicted octanol–water partition coefficient (Wildman–Crippen LogP) is 4.12. The zero-order valence-electron chi connectivity index (χ0n) is 17.1. The van der Waals surface area contributed by atoms with Crippen molar-refractivity contribution in [1.29, 1.82) is 0 Å². The van der Waals surface area contributed by atoms with Crippen LogP contribution in [0.15, 0.2) is 60.8 Å². The lowest BCUT2D eigenvalue weighted by atomic mass is 10.1. The maximum atomic E-state index is 14.4. The molecule has 1 fully saturated rings. The fourth-order valence-corrected chi connectivity index (χ4v) is 3.79. The molecule has 5 rings (SSSR count). The molecule has 2 aromatic carbocycles.